The topological polar surface area (TPSA) is 238 Å². The molecule has 0 spiro atoms. The van der Waals surface area contributed by atoms with Gasteiger partial charge in [0.25, 0.3) is 0 Å². The zero-order chi connectivity index (χ0) is 31.1. The summed E-state index contributed by atoms with van der Waals surface area (Å²) in [6.07, 6.45) is 7.56. The second-order valence-corrected chi connectivity index (χ2v) is 8.03. The fraction of sp³-hybridized carbons (Fsp3) is 0.455. The van der Waals surface area contributed by atoms with Gasteiger partial charge in [0.1, 0.15) is 12.0 Å². The van der Waals surface area contributed by atoms with Crippen molar-refractivity contribution < 1.29 is 38.5 Å². The van der Waals surface area contributed by atoms with Gasteiger partial charge in [-0.1, -0.05) is 26.7 Å². The molecule has 2 atom stereocenters. The Balaban J connectivity index is 0. The van der Waals surface area contributed by atoms with Crippen molar-refractivity contribution in [3.05, 3.63) is 38.6 Å². The van der Waals surface area contributed by atoms with Crippen LogP contribution in [0.5, 0.6) is 0 Å². The monoisotopic (exact) mass is 601 g/mol. The number of nitro groups is 1. The Morgan fingerprint density at radius 2 is 1.55 bits per heavy atom. The van der Waals surface area contributed by atoms with Crippen molar-refractivity contribution in [1.82, 2.24) is 19.9 Å². The van der Waals surface area contributed by atoms with Crippen LogP contribution in [-0.2, 0) is 40.0 Å². The van der Waals surface area contributed by atoms with Gasteiger partial charge < -0.3 is 10.6 Å². The van der Waals surface area contributed by atoms with Gasteiger partial charge in [-0.2, -0.15) is 33.8 Å². The predicted molar refractivity (Wildman–Crippen MR) is 135 cm³/mol. The number of carbonyl (C=O) groups excluding carboxylic acids is 7. The Kier molecular flexibility index (Phi) is 21.2. The molecule has 3 rings (SSSR count). The van der Waals surface area contributed by atoms with E-state index in [4.69, 9.17) is 52.0 Å². The van der Waals surface area contributed by atoms with Gasteiger partial charge in [-0.05, 0) is 43.0 Å². The molecule has 40 heavy (non-hydrogen) atoms. The zero-order valence-corrected chi connectivity index (χ0v) is 23.0. The summed E-state index contributed by atoms with van der Waals surface area (Å²) >= 11 is 11.3. The first kappa shape index (κ1) is 37.7. The number of nitrogens with one attached hydrogen (secondary N) is 2. The molecule has 0 fully saturated rings. The van der Waals surface area contributed by atoms with Gasteiger partial charge in [-0.3, -0.25) is 14.9 Å². The molecule has 216 valence electrons. The third kappa shape index (κ3) is 15.7. The second-order valence-electron chi connectivity index (χ2n) is 7.36. The highest BCUT2D eigenvalue weighted by Crippen LogP contribution is 2.24. The Hall–Kier alpha value is -4.45. The number of rotatable bonds is 7. The van der Waals surface area contributed by atoms with Gasteiger partial charge in [0, 0.05) is 24.2 Å². The minimum Gasteiger partial charge on any atom is -0.362 e. The SMILES string of the molecule is CCC[C@@H](C)Nc1nc(Cl)ncc1[N+](=O)[O-].CCC[C@@H]1Nc2nc(Cl)ncc2CC1=O.O=C=O.O=C=O.O=C=O. The Labute approximate surface area is 237 Å². The summed E-state index contributed by atoms with van der Waals surface area (Å²) in [7, 11) is 0. The van der Waals surface area contributed by atoms with Crippen molar-refractivity contribution in [2.24, 2.45) is 0 Å². The van der Waals surface area contributed by atoms with E-state index in [-0.39, 0.29) is 58.4 Å². The fourth-order valence-electron chi connectivity index (χ4n) is 3.05. The quantitative estimate of drug-likeness (QED) is 0.263. The molecule has 18 heteroatoms. The van der Waals surface area contributed by atoms with Crippen molar-refractivity contribution in [2.45, 2.75) is 65.0 Å². The van der Waals surface area contributed by atoms with Crippen LogP contribution in [0.1, 0.15) is 52.0 Å². The lowest BCUT2D eigenvalue weighted by Gasteiger charge is -2.24. The molecule has 0 aliphatic carbocycles. The number of ketones is 1. The lowest BCUT2D eigenvalue weighted by atomic mass is 9.97. The normalized spacial score (nSPS) is 12.8. The molecular formula is C22H25Cl2N7O9. The van der Waals surface area contributed by atoms with E-state index in [1.54, 1.807) is 6.20 Å². The summed E-state index contributed by atoms with van der Waals surface area (Å²) in [5.74, 6) is 1.08. The Bertz CT molecular complexity index is 1170. The fourth-order valence-corrected chi connectivity index (χ4v) is 3.32. The zero-order valence-electron chi connectivity index (χ0n) is 21.5. The molecule has 0 aromatic carbocycles. The van der Waals surface area contributed by atoms with Crippen LogP contribution < -0.4 is 10.6 Å². The van der Waals surface area contributed by atoms with Gasteiger partial charge in [-0.15, -0.1) is 0 Å². The molecule has 2 aromatic rings. The van der Waals surface area contributed by atoms with E-state index in [1.165, 1.54) is 0 Å². The van der Waals surface area contributed by atoms with Crippen LogP contribution in [0.25, 0.3) is 0 Å². The minimum absolute atomic E-state index is 0.00296. The van der Waals surface area contributed by atoms with Crippen molar-refractivity contribution in [3.63, 3.8) is 0 Å². The third-order valence-electron chi connectivity index (χ3n) is 4.52. The standard InChI is InChI=1S/C10H12ClN3O.C9H13ClN4O2.3CO2/c1-2-3-7-8(15)4-6-5-12-10(11)14-9(6)13-7;1-3-4-6(2)12-8-7(14(15)16)5-11-9(10)13-8;3*2-1-3/h5,7H,2-4H2,1H3,(H,12,13,14);5-6H,3-4H2,1-2H3,(H,11,12,13);;;/t7-;6-;;;/m01.../s1. The van der Waals surface area contributed by atoms with Crippen LogP contribution in [0.3, 0.4) is 0 Å². The minimum atomic E-state index is -0.530. The van der Waals surface area contributed by atoms with Crippen molar-refractivity contribution in [2.75, 3.05) is 10.6 Å². The molecule has 0 bridgehead atoms. The summed E-state index contributed by atoms with van der Waals surface area (Å²) < 4.78 is 0. The second kappa shape index (κ2) is 22.5. The van der Waals surface area contributed by atoms with E-state index in [0.29, 0.717) is 12.2 Å². The molecule has 0 amide bonds. The first-order valence-electron chi connectivity index (χ1n) is 11.2. The van der Waals surface area contributed by atoms with E-state index >= 15 is 0 Å². The number of aromatic nitrogens is 4. The lowest BCUT2D eigenvalue weighted by Crippen LogP contribution is -2.35. The average Bonchev–Trinajstić information content (AvgIpc) is 2.87. The van der Waals surface area contributed by atoms with Crippen molar-refractivity contribution in [1.29, 1.82) is 0 Å². The van der Waals surface area contributed by atoms with Gasteiger partial charge in [-0.25, -0.2) is 15.0 Å². The van der Waals surface area contributed by atoms with Crippen molar-refractivity contribution in [3.8, 4) is 0 Å². The summed E-state index contributed by atoms with van der Waals surface area (Å²) in [5.41, 5.74) is 0.670. The first-order chi connectivity index (χ1) is 19.0. The number of carbonyl (C=O) groups is 1. The van der Waals surface area contributed by atoms with E-state index in [0.717, 1.165) is 37.4 Å². The molecule has 0 saturated carbocycles. The molecule has 1 aliphatic rings. The molecule has 2 N–H and O–H groups in total. The van der Waals surface area contributed by atoms with Crippen LogP contribution in [0, 0.1) is 10.1 Å². The predicted octanol–water partition coefficient (Wildman–Crippen LogP) is 2.72. The number of Topliss-reactive ketones (excluding diaryl/α,β-unsaturated/α-hetero) is 1. The number of anilines is 2. The maximum atomic E-state index is 11.7. The molecule has 0 saturated heterocycles. The summed E-state index contributed by atoms with van der Waals surface area (Å²) in [4.78, 5) is 86.0. The molecule has 0 radical (unpaired) electrons. The smallest absolute Gasteiger partial charge is 0.362 e. The van der Waals surface area contributed by atoms with Crippen LogP contribution in [0.2, 0.25) is 10.6 Å². The van der Waals surface area contributed by atoms with E-state index in [1.807, 2.05) is 13.8 Å². The van der Waals surface area contributed by atoms with Crippen LogP contribution in [0.4, 0.5) is 17.3 Å². The number of fused-ring (bicyclic) bond motifs is 1. The van der Waals surface area contributed by atoms with Crippen molar-refractivity contribution >= 4 is 64.8 Å². The first-order valence-corrected chi connectivity index (χ1v) is 12.0. The largest absolute Gasteiger partial charge is 0.373 e. The van der Waals surface area contributed by atoms with Gasteiger partial charge >= 0.3 is 24.1 Å². The van der Waals surface area contributed by atoms with Crippen LogP contribution >= 0.6 is 23.2 Å². The molecule has 2 aromatic heterocycles. The molecule has 1 aliphatic heterocycles. The van der Waals surface area contributed by atoms with E-state index in [2.05, 4.69) is 37.5 Å². The van der Waals surface area contributed by atoms with Crippen LogP contribution in [0.15, 0.2) is 12.4 Å². The summed E-state index contributed by atoms with van der Waals surface area (Å²) in [6.45, 7) is 6.03. The molecule has 0 unspecified atom stereocenters. The highest BCUT2D eigenvalue weighted by atomic mass is 35.5. The van der Waals surface area contributed by atoms with E-state index in [9.17, 15) is 14.9 Å². The van der Waals surface area contributed by atoms with Gasteiger partial charge in [0.15, 0.2) is 5.78 Å². The Morgan fingerprint density at radius 3 is 2.05 bits per heavy atom. The maximum absolute atomic E-state index is 11.7. The van der Waals surface area contributed by atoms with Crippen LogP contribution in [-0.4, -0.2) is 61.2 Å². The number of halogens is 2. The molecular weight excluding hydrogens is 577 g/mol. The number of hydrogen-bond acceptors (Lipinski definition) is 15. The maximum Gasteiger partial charge on any atom is 0.373 e. The lowest BCUT2D eigenvalue weighted by molar-refractivity contribution is -0.384. The average molecular weight is 602 g/mol. The van der Waals surface area contributed by atoms with E-state index < -0.39 is 4.92 Å². The highest BCUT2D eigenvalue weighted by Gasteiger charge is 2.26. The Morgan fingerprint density at radius 1 is 1.02 bits per heavy atom. The molecule has 3 heterocycles. The third-order valence-corrected chi connectivity index (χ3v) is 4.88. The number of hydrogen-bond donors (Lipinski definition) is 2. The van der Waals surface area contributed by atoms with Gasteiger partial charge in [0.05, 0.1) is 11.0 Å². The highest BCUT2D eigenvalue weighted by molar-refractivity contribution is 6.28. The molecule has 16 nitrogen and oxygen atoms in total. The van der Waals surface area contributed by atoms with Gasteiger partial charge in [0.2, 0.25) is 16.4 Å². The summed E-state index contributed by atoms with van der Waals surface area (Å²) in [5, 5.41) is 17.0. The number of nitrogens with zero attached hydrogens (tertiary/aromatic N) is 5. The summed E-state index contributed by atoms with van der Waals surface area (Å²) in [6, 6.07) is -0.0110.